The van der Waals surface area contributed by atoms with Crippen LogP contribution in [0.5, 0.6) is 5.75 Å². The van der Waals surface area contributed by atoms with Gasteiger partial charge in [-0.1, -0.05) is 177 Å². The molecule has 0 unspecified atom stereocenters. The number of aliphatic hydroxyl groups excluding tert-OH is 1. The third-order valence-electron chi connectivity index (χ3n) is 17.3. The molecule has 0 atom stereocenters. The minimum Gasteiger partial charge on any atom is -0.512 e. The van der Waals surface area contributed by atoms with Gasteiger partial charge in [0.15, 0.2) is 0 Å². The molecule has 4 aliphatic rings. The van der Waals surface area contributed by atoms with Gasteiger partial charge < -0.3 is 9.84 Å². The van der Waals surface area contributed by atoms with Crippen molar-refractivity contribution in [3.05, 3.63) is 232 Å². The van der Waals surface area contributed by atoms with Crippen LogP contribution in [0.15, 0.2) is 188 Å². The zero-order valence-electron chi connectivity index (χ0n) is 43.1. The van der Waals surface area contributed by atoms with Crippen LogP contribution in [-0.2, 0) is 26.5 Å². The van der Waals surface area contributed by atoms with Gasteiger partial charge in [-0.25, -0.2) is 4.79 Å². The fourth-order valence-electron chi connectivity index (χ4n) is 13.3. The second-order valence-corrected chi connectivity index (χ2v) is 23.1. The average Bonchev–Trinajstić information content (AvgIpc) is 3.95. The molecule has 0 aliphatic heterocycles. The molecule has 0 heterocycles. The number of fused-ring (bicyclic) bond motifs is 12. The van der Waals surface area contributed by atoms with Crippen LogP contribution in [0.4, 0.5) is 0 Å². The molecule has 0 saturated carbocycles. The Labute approximate surface area is 429 Å². The molecular formula is C70H58O3. The molecule has 4 aliphatic carbocycles. The van der Waals surface area contributed by atoms with Crippen molar-refractivity contribution in [2.75, 3.05) is 0 Å². The van der Waals surface area contributed by atoms with E-state index in [1.54, 1.807) is 0 Å². The van der Waals surface area contributed by atoms with Crippen molar-refractivity contribution in [2.45, 2.75) is 84.0 Å². The molecule has 9 aromatic rings. The number of carbonyl (C=O) groups is 1. The van der Waals surface area contributed by atoms with Gasteiger partial charge >= 0.3 is 5.97 Å². The lowest BCUT2D eigenvalue weighted by molar-refractivity contribution is -0.129. The first kappa shape index (κ1) is 44.9. The van der Waals surface area contributed by atoms with E-state index in [1.165, 1.54) is 118 Å². The molecule has 1 N–H and O–H groups in total. The summed E-state index contributed by atoms with van der Waals surface area (Å²) in [7, 11) is 0. The lowest BCUT2D eigenvalue weighted by Crippen LogP contribution is -2.15. The van der Waals surface area contributed by atoms with Crippen molar-refractivity contribution in [3.63, 3.8) is 0 Å². The van der Waals surface area contributed by atoms with Gasteiger partial charge in [-0.3, -0.25) is 0 Å². The summed E-state index contributed by atoms with van der Waals surface area (Å²) < 4.78 is 5.97. The number of hydrogen-bond acceptors (Lipinski definition) is 3. The molecule has 13 rings (SSSR count). The Morgan fingerprint density at radius 2 is 0.603 bits per heavy atom. The minimum absolute atomic E-state index is 0.0711. The minimum atomic E-state index is -0.626. The van der Waals surface area contributed by atoms with E-state index in [0.717, 1.165) is 28.3 Å². The van der Waals surface area contributed by atoms with E-state index in [1.807, 2.05) is 12.1 Å². The normalized spacial score (nSPS) is 16.1. The number of rotatable bonds is 6. The number of ether oxygens (including phenoxy) is 1. The van der Waals surface area contributed by atoms with Crippen LogP contribution in [0, 0.1) is 0 Å². The molecule has 0 fully saturated rings. The Hall–Kier alpha value is -8.01. The Kier molecular flexibility index (Phi) is 9.53. The SMILES string of the molecule is CC(O)=CC(=O)Oc1cc(-c2ccc3c(c2)C(C)(C)c2cc(-c4ccc5c(c4)C(C)(C)c4ccccc4-5)ccc2-3)cc(-c2ccc3c(c2)C(C)(C)c2cc(-c4ccc5c(c4)C(C)(C)c4ccccc4-5)ccc2-3)c1. The van der Waals surface area contributed by atoms with Gasteiger partial charge in [0.2, 0.25) is 0 Å². The Morgan fingerprint density at radius 3 is 0.904 bits per heavy atom. The quantitative estimate of drug-likeness (QED) is 0.0782. The molecule has 0 spiro atoms. The summed E-state index contributed by atoms with van der Waals surface area (Å²) in [6, 6.07) is 65.3. The number of aliphatic hydroxyl groups is 1. The maximum atomic E-state index is 13.1. The summed E-state index contributed by atoms with van der Waals surface area (Å²) in [5.41, 5.74) is 29.1. The molecule has 3 heteroatoms. The zero-order valence-corrected chi connectivity index (χ0v) is 43.1. The van der Waals surface area contributed by atoms with E-state index < -0.39 is 5.97 Å². The Balaban J connectivity index is 0.843. The molecule has 0 bridgehead atoms. The number of hydrogen-bond donors (Lipinski definition) is 1. The van der Waals surface area contributed by atoms with Crippen molar-refractivity contribution < 1.29 is 14.6 Å². The number of benzene rings is 9. The highest BCUT2D eigenvalue weighted by Gasteiger charge is 2.40. The largest absolute Gasteiger partial charge is 0.512 e. The number of esters is 1. The Bertz CT molecular complexity index is 3690. The smallest absolute Gasteiger partial charge is 0.339 e. The van der Waals surface area contributed by atoms with Crippen LogP contribution in [0.3, 0.4) is 0 Å². The number of allylic oxidation sites excluding steroid dienone is 1. The standard InChI is InChI=1S/C70H58O3/c1-40(71)30-66(72)73-49-32-47(45-22-28-56-54-26-20-43(36-62(54)69(6,7)64(56)38-45)41-18-24-52-50-14-10-12-16-58(50)67(2,3)60(52)34-41)31-48(33-49)46-23-29-57-55-27-21-44(37-63(55)70(8,9)65(57)39-46)42-19-25-53-51-15-11-13-17-59(51)68(4,5)61(53)35-42/h10-39,71H,1-9H3. The molecule has 356 valence electrons. The first-order chi connectivity index (χ1) is 34.9. The molecule has 73 heavy (non-hydrogen) atoms. The zero-order chi connectivity index (χ0) is 50.5. The van der Waals surface area contributed by atoms with Crippen molar-refractivity contribution in [1.82, 2.24) is 0 Å². The van der Waals surface area contributed by atoms with Crippen LogP contribution in [0.25, 0.3) is 89.0 Å². The summed E-state index contributed by atoms with van der Waals surface area (Å²) in [5, 5.41) is 10.00. The van der Waals surface area contributed by atoms with Gasteiger partial charge in [-0.2, -0.15) is 0 Å². The maximum absolute atomic E-state index is 13.1. The maximum Gasteiger partial charge on any atom is 0.339 e. The van der Waals surface area contributed by atoms with Crippen LogP contribution in [0.2, 0.25) is 0 Å². The van der Waals surface area contributed by atoms with Crippen molar-refractivity contribution in [2.24, 2.45) is 0 Å². The molecule has 0 amide bonds. The monoisotopic (exact) mass is 946 g/mol. The van der Waals surface area contributed by atoms with Gasteiger partial charge in [0.25, 0.3) is 0 Å². The second-order valence-electron chi connectivity index (χ2n) is 23.1. The fourth-order valence-corrected chi connectivity index (χ4v) is 13.3. The summed E-state index contributed by atoms with van der Waals surface area (Å²) in [4.78, 5) is 13.1. The summed E-state index contributed by atoms with van der Waals surface area (Å²) in [5.74, 6) is -0.319. The fraction of sp³-hybridized carbons (Fsp3) is 0.186. The van der Waals surface area contributed by atoms with E-state index in [9.17, 15) is 9.90 Å². The molecule has 0 saturated heterocycles. The third kappa shape index (κ3) is 6.67. The first-order valence-electron chi connectivity index (χ1n) is 25.7. The van der Waals surface area contributed by atoms with Crippen LogP contribution in [0.1, 0.15) is 107 Å². The molecule has 0 aromatic heterocycles. The summed E-state index contributed by atoms with van der Waals surface area (Å²) in [6.07, 6.45) is 1.12. The van der Waals surface area contributed by atoms with Crippen LogP contribution in [-0.4, -0.2) is 11.1 Å². The van der Waals surface area contributed by atoms with Gasteiger partial charge in [0.05, 0.1) is 11.8 Å². The average molecular weight is 947 g/mol. The molecule has 0 radical (unpaired) electrons. The molecule has 9 aromatic carbocycles. The lowest BCUT2D eigenvalue weighted by atomic mass is 9.79. The summed E-state index contributed by atoms with van der Waals surface area (Å²) in [6.45, 7) is 20.2. The van der Waals surface area contributed by atoms with Crippen molar-refractivity contribution in [1.29, 1.82) is 0 Å². The van der Waals surface area contributed by atoms with Gasteiger partial charge in [-0.15, -0.1) is 0 Å². The highest BCUT2D eigenvalue weighted by Crippen LogP contribution is 2.55. The van der Waals surface area contributed by atoms with Gasteiger partial charge in [0, 0.05) is 21.7 Å². The number of carbonyl (C=O) groups excluding carboxylic acids is 1. The predicted molar refractivity (Wildman–Crippen MR) is 300 cm³/mol. The lowest BCUT2D eigenvalue weighted by Gasteiger charge is -2.24. The first-order valence-corrected chi connectivity index (χ1v) is 25.7. The van der Waals surface area contributed by atoms with E-state index >= 15 is 0 Å². The van der Waals surface area contributed by atoms with E-state index in [4.69, 9.17) is 4.74 Å². The van der Waals surface area contributed by atoms with Crippen LogP contribution >= 0.6 is 0 Å². The van der Waals surface area contributed by atoms with E-state index in [-0.39, 0.29) is 27.4 Å². The topological polar surface area (TPSA) is 46.5 Å². The molecular weight excluding hydrogens is 889 g/mol. The third-order valence-corrected chi connectivity index (χ3v) is 17.3. The van der Waals surface area contributed by atoms with Crippen molar-refractivity contribution >= 4 is 5.97 Å². The Morgan fingerprint density at radius 1 is 0.342 bits per heavy atom. The van der Waals surface area contributed by atoms with Gasteiger partial charge in [0.1, 0.15) is 5.75 Å². The molecule has 3 nitrogen and oxygen atoms in total. The van der Waals surface area contributed by atoms with Gasteiger partial charge in [-0.05, 0) is 195 Å². The summed E-state index contributed by atoms with van der Waals surface area (Å²) >= 11 is 0. The second kappa shape index (κ2) is 15.5. The van der Waals surface area contributed by atoms with E-state index in [0.29, 0.717) is 5.75 Å². The van der Waals surface area contributed by atoms with Crippen molar-refractivity contribution in [3.8, 4) is 94.8 Å². The van der Waals surface area contributed by atoms with Crippen LogP contribution < -0.4 is 4.74 Å². The highest BCUT2D eigenvalue weighted by atomic mass is 16.5. The van der Waals surface area contributed by atoms with E-state index in [2.05, 4.69) is 219 Å². The highest BCUT2D eigenvalue weighted by molar-refractivity contribution is 5.92. The predicted octanol–water partition coefficient (Wildman–Crippen LogP) is 17.9.